The molecule has 0 bridgehead atoms. The van der Waals surface area contributed by atoms with Crippen LogP contribution in [0.4, 0.5) is 10.5 Å². The molecule has 0 aromatic heterocycles. The molecular weight excluding hydrogens is 194 g/mol. The van der Waals surface area contributed by atoms with Crippen LogP contribution in [0.15, 0.2) is 24.3 Å². The van der Waals surface area contributed by atoms with Crippen LogP contribution in [0.2, 0.25) is 0 Å². The third-order valence-corrected chi connectivity index (χ3v) is 2.21. The van der Waals surface area contributed by atoms with Gasteiger partial charge in [-0.15, -0.1) is 0 Å². The minimum Gasteiger partial charge on any atom is -0.394 e. The predicted molar refractivity (Wildman–Crippen MR) is 58.4 cm³/mol. The Kier molecular flexibility index (Phi) is 3.65. The van der Waals surface area contributed by atoms with Crippen LogP contribution in [0.25, 0.3) is 0 Å². The predicted octanol–water partition coefficient (Wildman–Crippen LogP) is 0.194. The number of urea groups is 1. The maximum atomic E-state index is 10.9. The van der Waals surface area contributed by atoms with Gasteiger partial charge in [-0.05, 0) is 17.7 Å². The molecule has 0 aliphatic rings. The third-order valence-electron chi connectivity index (χ3n) is 2.21. The quantitative estimate of drug-likeness (QED) is 0.663. The lowest BCUT2D eigenvalue weighted by Gasteiger charge is -2.16. The minimum absolute atomic E-state index is 0.135. The van der Waals surface area contributed by atoms with Crippen molar-refractivity contribution < 1.29 is 9.90 Å². The standard InChI is InChI=1S/C10H15N3O2/c1-13(10(12)15)8-4-2-3-7(5-8)9(11)6-14/h2-5,9,14H,6,11H2,1H3,(H2,12,15). The first-order chi connectivity index (χ1) is 7.06. The number of anilines is 1. The molecule has 0 aliphatic carbocycles. The van der Waals surface area contributed by atoms with Crippen LogP contribution in [-0.2, 0) is 0 Å². The van der Waals surface area contributed by atoms with Gasteiger partial charge in [-0.1, -0.05) is 12.1 Å². The van der Waals surface area contributed by atoms with Crippen LogP contribution in [0.5, 0.6) is 0 Å². The van der Waals surface area contributed by atoms with Gasteiger partial charge < -0.3 is 16.6 Å². The summed E-state index contributed by atoms with van der Waals surface area (Å²) in [5.74, 6) is 0. The van der Waals surface area contributed by atoms with Crippen LogP contribution in [0, 0.1) is 0 Å². The van der Waals surface area contributed by atoms with Gasteiger partial charge in [0.1, 0.15) is 0 Å². The number of carbonyl (C=O) groups excluding carboxylic acids is 1. The van der Waals surface area contributed by atoms with E-state index in [2.05, 4.69) is 0 Å². The maximum absolute atomic E-state index is 10.9. The zero-order chi connectivity index (χ0) is 11.4. The van der Waals surface area contributed by atoms with E-state index in [1.165, 1.54) is 4.90 Å². The molecule has 82 valence electrons. The summed E-state index contributed by atoms with van der Waals surface area (Å²) in [6.07, 6.45) is 0. The number of benzene rings is 1. The highest BCUT2D eigenvalue weighted by Crippen LogP contribution is 2.18. The number of carbonyl (C=O) groups is 1. The maximum Gasteiger partial charge on any atom is 0.318 e. The van der Waals surface area contributed by atoms with Gasteiger partial charge >= 0.3 is 6.03 Å². The van der Waals surface area contributed by atoms with Crippen LogP contribution >= 0.6 is 0 Å². The number of nitrogens with zero attached hydrogens (tertiary/aromatic N) is 1. The molecule has 0 heterocycles. The molecule has 5 nitrogen and oxygen atoms in total. The van der Waals surface area contributed by atoms with Crippen LogP contribution < -0.4 is 16.4 Å². The average Bonchev–Trinajstić information content (AvgIpc) is 2.27. The summed E-state index contributed by atoms with van der Waals surface area (Å²) in [4.78, 5) is 12.2. The number of aliphatic hydroxyl groups is 1. The lowest BCUT2D eigenvalue weighted by Crippen LogP contribution is -2.31. The molecule has 1 rings (SSSR count). The lowest BCUT2D eigenvalue weighted by atomic mass is 10.1. The first kappa shape index (κ1) is 11.5. The second-order valence-corrected chi connectivity index (χ2v) is 3.28. The molecule has 0 aliphatic heterocycles. The molecule has 1 atom stereocenters. The van der Waals surface area contributed by atoms with E-state index in [-0.39, 0.29) is 6.61 Å². The summed E-state index contributed by atoms with van der Waals surface area (Å²) in [6, 6.07) is 6.05. The summed E-state index contributed by atoms with van der Waals surface area (Å²) in [5.41, 5.74) is 12.2. The van der Waals surface area contributed by atoms with Gasteiger partial charge in [0.2, 0.25) is 0 Å². The Morgan fingerprint density at radius 3 is 2.80 bits per heavy atom. The Balaban J connectivity index is 2.97. The van der Waals surface area contributed by atoms with Gasteiger partial charge in [0.25, 0.3) is 0 Å². The van der Waals surface area contributed by atoms with E-state index in [4.69, 9.17) is 16.6 Å². The van der Waals surface area contributed by atoms with Gasteiger partial charge in [0.15, 0.2) is 0 Å². The first-order valence-corrected chi connectivity index (χ1v) is 4.56. The summed E-state index contributed by atoms with van der Waals surface area (Å²) < 4.78 is 0. The fourth-order valence-corrected chi connectivity index (χ4v) is 1.20. The summed E-state index contributed by atoms with van der Waals surface area (Å²) >= 11 is 0. The molecule has 0 radical (unpaired) electrons. The van der Waals surface area contributed by atoms with E-state index >= 15 is 0 Å². The molecule has 0 saturated heterocycles. The Bertz CT molecular complexity index is 354. The minimum atomic E-state index is -0.537. The second-order valence-electron chi connectivity index (χ2n) is 3.28. The molecule has 1 unspecified atom stereocenters. The fraction of sp³-hybridized carbons (Fsp3) is 0.300. The van der Waals surface area contributed by atoms with Crippen molar-refractivity contribution >= 4 is 11.7 Å². The number of nitrogens with two attached hydrogens (primary N) is 2. The smallest absolute Gasteiger partial charge is 0.318 e. The van der Waals surface area contributed by atoms with Crippen LogP contribution in [0.1, 0.15) is 11.6 Å². The zero-order valence-electron chi connectivity index (χ0n) is 8.55. The van der Waals surface area contributed by atoms with E-state index in [9.17, 15) is 4.79 Å². The number of amides is 2. The molecule has 0 saturated carbocycles. The van der Waals surface area contributed by atoms with Crippen molar-refractivity contribution in [1.82, 2.24) is 0 Å². The summed E-state index contributed by atoms with van der Waals surface area (Å²) in [5, 5.41) is 8.90. The fourth-order valence-electron chi connectivity index (χ4n) is 1.20. The molecule has 5 N–H and O–H groups in total. The van der Waals surface area contributed by atoms with Gasteiger partial charge in [0, 0.05) is 12.7 Å². The molecule has 1 aromatic carbocycles. The van der Waals surface area contributed by atoms with E-state index in [0.29, 0.717) is 5.69 Å². The van der Waals surface area contributed by atoms with Crippen LogP contribution in [0.3, 0.4) is 0 Å². The summed E-state index contributed by atoms with van der Waals surface area (Å²) in [6.45, 7) is -0.135. The molecule has 0 fully saturated rings. The van der Waals surface area contributed by atoms with Crippen molar-refractivity contribution in [2.45, 2.75) is 6.04 Å². The van der Waals surface area contributed by atoms with Crippen molar-refractivity contribution in [3.63, 3.8) is 0 Å². The Morgan fingerprint density at radius 1 is 1.60 bits per heavy atom. The van der Waals surface area contributed by atoms with Gasteiger partial charge in [-0.2, -0.15) is 0 Å². The molecule has 5 heteroatoms. The first-order valence-electron chi connectivity index (χ1n) is 4.56. The molecule has 2 amide bonds. The van der Waals surface area contributed by atoms with Gasteiger partial charge in [-0.25, -0.2) is 4.79 Å². The third kappa shape index (κ3) is 2.68. The lowest BCUT2D eigenvalue weighted by molar-refractivity contribution is 0.255. The van der Waals surface area contributed by atoms with Crippen LogP contribution in [-0.4, -0.2) is 24.8 Å². The highest BCUT2D eigenvalue weighted by molar-refractivity contribution is 5.90. The number of rotatable bonds is 3. The molecule has 1 aromatic rings. The normalized spacial score (nSPS) is 12.2. The van der Waals surface area contributed by atoms with E-state index in [1.54, 1.807) is 31.3 Å². The topological polar surface area (TPSA) is 92.6 Å². The molecule has 15 heavy (non-hydrogen) atoms. The monoisotopic (exact) mass is 209 g/mol. The van der Waals surface area contributed by atoms with Gasteiger partial charge in [-0.3, -0.25) is 4.90 Å². The van der Waals surface area contributed by atoms with Crippen molar-refractivity contribution in [2.75, 3.05) is 18.6 Å². The van der Waals surface area contributed by atoms with Crippen molar-refractivity contribution in [3.05, 3.63) is 29.8 Å². The molecule has 0 spiro atoms. The van der Waals surface area contributed by atoms with Crippen molar-refractivity contribution in [1.29, 1.82) is 0 Å². The highest BCUT2D eigenvalue weighted by atomic mass is 16.3. The number of hydrogen-bond acceptors (Lipinski definition) is 3. The zero-order valence-corrected chi connectivity index (χ0v) is 8.55. The highest BCUT2D eigenvalue weighted by Gasteiger charge is 2.09. The SMILES string of the molecule is CN(C(N)=O)c1cccc(C(N)CO)c1. The van der Waals surface area contributed by atoms with Crippen molar-refractivity contribution in [3.8, 4) is 0 Å². The second kappa shape index (κ2) is 4.77. The van der Waals surface area contributed by atoms with E-state index in [1.807, 2.05) is 0 Å². The van der Waals surface area contributed by atoms with E-state index < -0.39 is 12.1 Å². The van der Waals surface area contributed by atoms with E-state index in [0.717, 1.165) is 5.56 Å². The molecular formula is C10H15N3O2. The average molecular weight is 209 g/mol. The summed E-state index contributed by atoms with van der Waals surface area (Å²) in [7, 11) is 1.58. The Morgan fingerprint density at radius 2 is 2.27 bits per heavy atom. The van der Waals surface area contributed by atoms with Gasteiger partial charge in [0.05, 0.1) is 12.6 Å². The number of aliphatic hydroxyl groups excluding tert-OH is 1. The number of primary amides is 1. The number of hydrogen-bond donors (Lipinski definition) is 3. The van der Waals surface area contributed by atoms with Crippen molar-refractivity contribution in [2.24, 2.45) is 11.5 Å². The Hall–Kier alpha value is -1.59. The Labute approximate surface area is 88.3 Å². The largest absolute Gasteiger partial charge is 0.394 e.